The molecule has 0 amide bonds. The summed E-state index contributed by atoms with van der Waals surface area (Å²) < 4.78 is 4.05. The van der Waals surface area contributed by atoms with E-state index in [0.717, 1.165) is 23.8 Å². The van der Waals surface area contributed by atoms with Crippen molar-refractivity contribution in [2.45, 2.75) is 32.4 Å². The predicted molar refractivity (Wildman–Crippen MR) is 76.1 cm³/mol. The Kier molecular flexibility index (Phi) is 4.91. The summed E-state index contributed by atoms with van der Waals surface area (Å²) in [6.45, 7) is 6.32. The lowest BCUT2D eigenvalue weighted by Gasteiger charge is -2.34. The van der Waals surface area contributed by atoms with Crippen LogP contribution in [0, 0.1) is 0 Å². The minimum atomic E-state index is 0.678. The summed E-state index contributed by atoms with van der Waals surface area (Å²) in [7, 11) is 4.40. The van der Waals surface area contributed by atoms with E-state index >= 15 is 0 Å². The number of piperidine rings is 1. The van der Waals surface area contributed by atoms with E-state index < -0.39 is 0 Å². The molecule has 1 N–H and O–H groups in total. The number of rotatable bonds is 5. The van der Waals surface area contributed by atoms with Crippen molar-refractivity contribution < 1.29 is 0 Å². The Morgan fingerprint density at radius 1 is 1.44 bits per heavy atom. The molecular weight excluding hydrogens is 246 g/mol. The minimum Gasteiger partial charge on any atom is -0.374 e. The van der Waals surface area contributed by atoms with E-state index in [0.29, 0.717) is 6.04 Å². The molecule has 1 aliphatic heterocycles. The first kappa shape index (κ1) is 13.7. The zero-order valence-electron chi connectivity index (χ0n) is 11.5. The molecule has 0 saturated carbocycles. The molecule has 0 aliphatic carbocycles. The Morgan fingerprint density at radius 2 is 2.17 bits per heavy atom. The molecule has 1 saturated heterocycles. The van der Waals surface area contributed by atoms with E-state index in [1.807, 2.05) is 0 Å². The predicted octanol–water partition coefficient (Wildman–Crippen LogP) is 1.50. The lowest BCUT2D eigenvalue weighted by molar-refractivity contribution is 0.138. The van der Waals surface area contributed by atoms with E-state index in [-0.39, 0.29) is 0 Å². The van der Waals surface area contributed by atoms with Crippen molar-refractivity contribution in [3.8, 4) is 0 Å². The second-order valence-electron chi connectivity index (χ2n) is 5.03. The van der Waals surface area contributed by atoms with Crippen molar-refractivity contribution >= 4 is 16.5 Å². The summed E-state index contributed by atoms with van der Waals surface area (Å²) in [6, 6.07) is 0.678. The third-order valence-corrected chi connectivity index (χ3v) is 4.33. The van der Waals surface area contributed by atoms with Gasteiger partial charge in [-0.15, -0.1) is 5.10 Å². The van der Waals surface area contributed by atoms with Crippen LogP contribution in [-0.2, 0) is 6.54 Å². The summed E-state index contributed by atoms with van der Waals surface area (Å²) in [4.78, 5) is 4.82. The maximum absolute atomic E-state index is 4.24. The molecule has 18 heavy (non-hydrogen) atoms. The van der Waals surface area contributed by atoms with Crippen molar-refractivity contribution in [1.82, 2.24) is 19.4 Å². The summed E-state index contributed by atoms with van der Waals surface area (Å²) in [5.41, 5.74) is 1.09. The van der Waals surface area contributed by atoms with E-state index in [1.165, 1.54) is 37.5 Å². The highest BCUT2D eigenvalue weighted by molar-refractivity contribution is 7.10. The molecule has 1 fully saturated rings. The molecule has 1 aliphatic rings. The van der Waals surface area contributed by atoms with E-state index in [1.54, 1.807) is 0 Å². The highest BCUT2D eigenvalue weighted by Gasteiger charge is 2.22. The van der Waals surface area contributed by atoms with Crippen molar-refractivity contribution in [3.05, 3.63) is 5.69 Å². The molecule has 0 spiro atoms. The minimum absolute atomic E-state index is 0.678. The van der Waals surface area contributed by atoms with Gasteiger partial charge < -0.3 is 10.2 Å². The second-order valence-corrected chi connectivity index (χ2v) is 5.78. The van der Waals surface area contributed by atoms with Gasteiger partial charge in [0.1, 0.15) is 10.7 Å². The van der Waals surface area contributed by atoms with E-state index in [9.17, 15) is 0 Å². The van der Waals surface area contributed by atoms with Crippen LogP contribution in [0.4, 0.5) is 5.00 Å². The van der Waals surface area contributed by atoms with Crippen LogP contribution in [0.15, 0.2) is 0 Å². The maximum atomic E-state index is 4.24. The Hall–Kier alpha value is -0.720. The van der Waals surface area contributed by atoms with Gasteiger partial charge in [-0.1, -0.05) is 4.49 Å². The van der Waals surface area contributed by atoms with Crippen LogP contribution in [0.1, 0.15) is 25.5 Å². The number of hydrogen-bond acceptors (Lipinski definition) is 6. The zero-order valence-corrected chi connectivity index (χ0v) is 12.3. The van der Waals surface area contributed by atoms with Crippen LogP contribution < -0.4 is 5.32 Å². The highest BCUT2D eigenvalue weighted by Crippen LogP contribution is 2.21. The molecule has 1 aromatic rings. The number of anilines is 1. The van der Waals surface area contributed by atoms with Gasteiger partial charge in [-0.2, -0.15) is 0 Å². The average Bonchev–Trinajstić information content (AvgIpc) is 2.78. The van der Waals surface area contributed by atoms with Crippen LogP contribution in [0.2, 0.25) is 0 Å². The van der Waals surface area contributed by atoms with Gasteiger partial charge in [-0.3, -0.25) is 4.90 Å². The molecule has 0 unspecified atom stereocenters. The topological polar surface area (TPSA) is 44.3 Å². The number of hydrogen-bond donors (Lipinski definition) is 1. The first-order valence-electron chi connectivity index (χ1n) is 6.64. The van der Waals surface area contributed by atoms with Crippen LogP contribution in [0.25, 0.3) is 0 Å². The molecule has 6 heteroatoms. The fourth-order valence-electron chi connectivity index (χ4n) is 2.41. The fraction of sp³-hybridized carbons (Fsp3) is 0.833. The standard InChI is InChI=1S/C12H23N5S/c1-4-13-12-11(14-15-18-12)9-17(3)10-5-7-16(2)8-6-10/h10,13H,4-9H2,1-3H3. The Labute approximate surface area is 113 Å². The third kappa shape index (κ3) is 3.40. The molecule has 0 atom stereocenters. The molecule has 0 aromatic carbocycles. The van der Waals surface area contributed by atoms with Crippen LogP contribution in [-0.4, -0.2) is 59.2 Å². The number of nitrogens with zero attached hydrogens (tertiary/aromatic N) is 4. The number of likely N-dealkylation sites (tertiary alicyclic amines) is 1. The lowest BCUT2D eigenvalue weighted by Crippen LogP contribution is -2.41. The van der Waals surface area contributed by atoms with Crippen molar-refractivity contribution in [1.29, 1.82) is 0 Å². The summed E-state index contributed by atoms with van der Waals surface area (Å²) in [6.07, 6.45) is 2.50. The van der Waals surface area contributed by atoms with Gasteiger partial charge in [-0.05, 0) is 47.0 Å². The monoisotopic (exact) mass is 269 g/mol. The van der Waals surface area contributed by atoms with Gasteiger partial charge in [0.2, 0.25) is 0 Å². The van der Waals surface area contributed by atoms with Gasteiger partial charge in [0.05, 0.1) is 0 Å². The molecule has 102 valence electrons. The molecule has 1 aromatic heterocycles. The summed E-state index contributed by atoms with van der Waals surface area (Å²) in [5, 5.41) is 8.69. The molecular formula is C12H23N5S. The SMILES string of the molecule is CCNc1snnc1CN(C)C1CCN(C)CC1. The first-order valence-corrected chi connectivity index (χ1v) is 7.42. The molecule has 2 heterocycles. The first-order chi connectivity index (χ1) is 8.70. The van der Waals surface area contributed by atoms with Gasteiger partial charge in [0.25, 0.3) is 0 Å². The Balaban J connectivity index is 1.90. The number of nitrogens with one attached hydrogen (secondary N) is 1. The molecule has 0 radical (unpaired) electrons. The normalized spacial score (nSPS) is 18.4. The van der Waals surface area contributed by atoms with Crippen LogP contribution >= 0.6 is 11.5 Å². The molecule has 5 nitrogen and oxygen atoms in total. The average molecular weight is 269 g/mol. The van der Waals surface area contributed by atoms with Gasteiger partial charge in [-0.25, -0.2) is 0 Å². The second kappa shape index (κ2) is 6.45. The van der Waals surface area contributed by atoms with Crippen molar-refractivity contribution in [3.63, 3.8) is 0 Å². The molecule has 2 rings (SSSR count). The highest BCUT2D eigenvalue weighted by atomic mass is 32.1. The number of aromatic nitrogens is 2. The summed E-state index contributed by atoms with van der Waals surface area (Å²) in [5.74, 6) is 0. The van der Waals surface area contributed by atoms with Gasteiger partial charge >= 0.3 is 0 Å². The van der Waals surface area contributed by atoms with Gasteiger partial charge in [0, 0.05) is 30.7 Å². The maximum Gasteiger partial charge on any atom is 0.134 e. The Morgan fingerprint density at radius 3 is 2.83 bits per heavy atom. The fourth-order valence-corrected chi connectivity index (χ4v) is 3.05. The Bertz CT molecular complexity index is 359. The lowest BCUT2D eigenvalue weighted by atomic mass is 10.0. The van der Waals surface area contributed by atoms with Crippen molar-refractivity contribution in [2.75, 3.05) is 39.0 Å². The summed E-state index contributed by atoms with van der Waals surface area (Å²) >= 11 is 1.46. The smallest absolute Gasteiger partial charge is 0.134 e. The zero-order chi connectivity index (χ0) is 13.0. The van der Waals surface area contributed by atoms with Crippen molar-refractivity contribution in [2.24, 2.45) is 0 Å². The van der Waals surface area contributed by atoms with Gasteiger partial charge in [0.15, 0.2) is 0 Å². The van der Waals surface area contributed by atoms with E-state index in [2.05, 4.69) is 45.7 Å². The van der Waals surface area contributed by atoms with E-state index in [4.69, 9.17) is 0 Å². The van der Waals surface area contributed by atoms with Crippen LogP contribution in [0.3, 0.4) is 0 Å². The largest absolute Gasteiger partial charge is 0.374 e. The molecule has 0 bridgehead atoms. The third-order valence-electron chi connectivity index (χ3n) is 3.60. The van der Waals surface area contributed by atoms with Crippen LogP contribution in [0.5, 0.6) is 0 Å². The quantitative estimate of drug-likeness (QED) is 0.877.